The molecule has 2 aromatic rings. The van der Waals surface area contributed by atoms with Gasteiger partial charge in [-0.3, -0.25) is 4.79 Å². The Labute approximate surface area is 177 Å². The summed E-state index contributed by atoms with van der Waals surface area (Å²) in [5.74, 6) is -1.80. The van der Waals surface area contributed by atoms with Gasteiger partial charge in [0.25, 0.3) is 0 Å². The molecule has 0 aliphatic heterocycles. The highest BCUT2D eigenvalue weighted by Crippen LogP contribution is 2.41. The molecule has 2 atom stereocenters. The summed E-state index contributed by atoms with van der Waals surface area (Å²) in [6, 6.07) is 7.47. The topological polar surface area (TPSA) is 72.4 Å². The number of aliphatic carboxylic acids is 1. The summed E-state index contributed by atoms with van der Waals surface area (Å²) in [6.45, 7) is 6.76. The van der Waals surface area contributed by atoms with E-state index in [9.17, 15) is 14.5 Å². The van der Waals surface area contributed by atoms with Crippen molar-refractivity contribution >= 4 is 40.5 Å². The number of benzene rings is 2. The van der Waals surface area contributed by atoms with Crippen LogP contribution in [0.3, 0.4) is 0 Å². The fourth-order valence-electron chi connectivity index (χ4n) is 2.66. The quantitative estimate of drug-likeness (QED) is 0.561. The average molecular weight is 446 g/mol. The maximum Gasteiger partial charge on any atom is 0.305 e. The van der Waals surface area contributed by atoms with Gasteiger partial charge in [0.1, 0.15) is 10.6 Å². The van der Waals surface area contributed by atoms with Crippen molar-refractivity contribution in [1.82, 2.24) is 4.72 Å². The van der Waals surface area contributed by atoms with Crippen LogP contribution in [0.25, 0.3) is 11.1 Å². The number of hydrogen-bond acceptors (Lipinski definition) is 3. The minimum absolute atomic E-state index is 0.0309. The molecule has 0 aliphatic carbocycles. The van der Waals surface area contributed by atoms with Crippen LogP contribution in [-0.2, 0) is 16.2 Å². The number of halogens is 3. The van der Waals surface area contributed by atoms with Crippen molar-refractivity contribution in [2.24, 2.45) is 0 Å². The number of nitrogens with one attached hydrogen (secondary N) is 1. The van der Waals surface area contributed by atoms with E-state index >= 15 is 4.39 Å². The van der Waals surface area contributed by atoms with E-state index in [0.29, 0.717) is 16.1 Å². The lowest BCUT2D eigenvalue weighted by Gasteiger charge is -2.28. The number of rotatable bonds is 6. The lowest BCUT2D eigenvalue weighted by atomic mass is 9.94. The molecule has 0 spiro atoms. The van der Waals surface area contributed by atoms with E-state index in [-0.39, 0.29) is 16.1 Å². The van der Waals surface area contributed by atoms with Crippen LogP contribution >= 0.6 is 23.2 Å². The number of carboxylic acid groups (broad SMARTS) is 1. The van der Waals surface area contributed by atoms with E-state index in [4.69, 9.17) is 23.2 Å². The fraction of sp³-hybridized carbons (Fsp3) is 0.350. The van der Waals surface area contributed by atoms with Crippen LogP contribution in [0, 0.1) is 12.7 Å². The van der Waals surface area contributed by atoms with Gasteiger partial charge in [0.05, 0.1) is 17.5 Å². The first kappa shape index (κ1) is 23.0. The van der Waals surface area contributed by atoms with E-state index in [1.807, 2.05) is 0 Å². The molecular weight excluding hydrogens is 424 g/mol. The Bertz CT molecular complexity index is 886. The zero-order valence-corrected chi connectivity index (χ0v) is 18.3. The summed E-state index contributed by atoms with van der Waals surface area (Å²) in [4.78, 5) is 11.4. The highest BCUT2D eigenvalue weighted by Gasteiger charge is 2.34. The summed E-state index contributed by atoms with van der Waals surface area (Å²) in [5.41, 5.74) is 1.34. The second-order valence-corrected chi connectivity index (χ2v) is 10.2. The predicted octanol–water partition coefficient (Wildman–Crippen LogP) is 5.68. The molecule has 2 aromatic carbocycles. The smallest absolute Gasteiger partial charge is 0.305 e. The van der Waals surface area contributed by atoms with Crippen molar-refractivity contribution in [2.45, 2.75) is 44.9 Å². The van der Waals surface area contributed by atoms with E-state index in [2.05, 4.69) is 4.72 Å². The third kappa shape index (κ3) is 5.19. The van der Waals surface area contributed by atoms with E-state index in [1.165, 1.54) is 0 Å². The second-order valence-electron chi connectivity index (χ2n) is 7.41. The van der Waals surface area contributed by atoms with E-state index < -0.39 is 40.4 Å². The molecule has 0 saturated carbocycles. The standard InChI is InChI=1S/C20H22Cl2FNO3S/c1-11-9-13(12-7-5-6-8-14(12)21)18(22)17(19(11)23)15(10-16(25)26)24-28(27)20(2,3)4/h5-9,15,24H,10H2,1-4H3,(H,25,26). The van der Waals surface area contributed by atoms with Gasteiger partial charge in [0.2, 0.25) is 0 Å². The maximum absolute atomic E-state index is 15.1. The molecule has 0 heterocycles. The molecule has 8 heteroatoms. The first-order chi connectivity index (χ1) is 12.9. The third-order valence-electron chi connectivity index (χ3n) is 4.11. The zero-order chi connectivity index (χ0) is 21.2. The molecule has 152 valence electrons. The van der Waals surface area contributed by atoms with Crippen molar-refractivity contribution in [1.29, 1.82) is 0 Å². The van der Waals surface area contributed by atoms with Crippen LogP contribution in [0.5, 0.6) is 0 Å². The Morgan fingerprint density at radius 2 is 1.89 bits per heavy atom. The Kier molecular flexibility index (Phi) is 7.39. The molecule has 2 N–H and O–H groups in total. The predicted molar refractivity (Wildman–Crippen MR) is 113 cm³/mol. The first-order valence-electron chi connectivity index (χ1n) is 8.56. The summed E-state index contributed by atoms with van der Waals surface area (Å²) in [7, 11) is 0. The van der Waals surface area contributed by atoms with Crippen LogP contribution < -0.4 is 4.72 Å². The monoisotopic (exact) mass is 445 g/mol. The SMILES string of the molecule is Cc1cc(-c2ccccc2Cl)c(Cl)c(C(CC(=O)O)N[S+]([O-])C(C)(C)C)c1F. The van der Waals surface area contributed by atoms with E-state index in [1.54, 1.807) is 58.0 Å². The second kappa shape index (κ2) is 9.01. The third-order valence-corrected chi connectivity index (χ3v) is 6.46. The highest BCUT2D eigenvalue weighted by molar-refractivity contribution is 7.90. The van der Waals surface area contributed by atoms with Crippen molar-refractivity contribution in [2.75, 3.05) is 0 Å². The van der Waals surface area contributed by atoms with Gasteiger partial charge < -0.3 is 9.66 Å². The fourth-order valence-corrected chi connectivity index (χ4v) is 4.08. The molecular formula is C20H22Cl2FNO3S. The summed E-state index contributed by atoms with van der Waals surface area (Å²) >= 11 is 11.2. The van der Waals surface area contributed by atoms with Crippen molar-refractivity contribution < 1.29 is 18.8 Å². The van der Waals surface area contributed by atoms with Crippen LogP contribution in [0.15, 0.2) is 30.3 Å². The van der Waals surface area contributed by atoms with Crippen LogP contribution in [0.2, 0.25) is 10.0 Å². The molecule has 0 radical (unpaired) electrons. The first-order valence-corrected chi connectivity index (χ1v) is 10.5. The van der Waals surface area contributed by atoms with Crippen LogP contribution in [0.1, 0.15) is 44.4 Å². The molecule has 0 fully saturated rings. The molecule has 0 amide bonds. The van der Waals surface area contributed by atoms with Crippen LogP contribution in [0.4, 0.5) is 4.39 Å². The van der Waals surface area contributed by atoms with Gasteiger partial charge in [-0.2, -0.15) is 0 Å². The summed E-state index contributed by atoms with van der Waals surface area (Å²) in [6.07, 6.45) is -0.482. The molecule has 4 nitrogen and oxygen atoms in total. The highest BCUT2D eigenvalue weighted by atomic mass is 35.5. The van der Waals surface area contributed by atoms with Gasteiger partial charge in [-0.15, -0.1) is 4.72 Å². The Morgan fingerprint density at radius 3 is 2.43 bits per heavy atom. The van der Waals surface area contributed by atoms with Crippen molar-refractivity contribution in [3.05, 3.63) is 57.3 Å². The molecule has 28 heavy (non-hydrogen) atoms. The largest absolute Gasteiger partial charge is 0.598 e. The van der Waals surface area contributed by atoms with E-state index in [0.717, 1.165) is 0 Å². The lowest BCUT2D eigenvalue weighted by molar-refractivity contribution is -0.137. The maximum atomic E-state index is 15.1. The van der Waals surface area contributed by atoms with Crippen molar-refractivity contribution in [3.63, 3.8) is 0 Å². The minimum Gasteiger partial charge on any atom is -0.598 e. The zero-order valence-electron chi connectivity index (χ0n) is 16.0. The average Bonchev–Trinajstić information content (AvgIpc) is 2.57. The molecule has 0 aliphatic rings. The van der Waals surface area contributed by atoms with Gasteiger partial charge in [0.15, 0.2) is 0 Å². The minimum atomic E-state index is -1.63. The molecule has 0 saturated heterocycles. The Balaban J connectivity index is 2.65. The number of carboxylic acids is 1. The Hall–Kier alpha value is -1.31. The summed E-state index contributed by atoms with van der Waals surface area (Å²) in [5, 5.41) is 9.79. The lowest BCUT2D eigenvalue weighted by Crippen LogP contribution is -2.42. The van der Waals surface area contributed by atoms with Gasteiger partial charge in [0, 0.05) is 33.1 Å². The van der Waals surface area contributed by atoms with Gasteiger partial charge in [-0.05, 0) is 45.4 Å². The number of carbonyl (C=O) groups is 1. The Morgan fingerprint density at radius 1 is 1.29 bits per heavy atom. The van der Waals surface area contributed by atoms with Crippen LogP contribution in [-0.4, -0.2) is 20.4 Å². The normalized spacial score (nSPS) is 14.0. The van der Waals surface area contributed by atoms with Gasteiger partial charge in [-0.1, -0.05) is 41.4 Å². The molecule has 2 rings (SSSR count). The van der Waals surface area contributed by atoms with Gasteiger partial charge in [-0.25, -0.2) is 4.39 Å². The molecule has 0 bridgehead atoms. The molecule has 0 aromatic heterocycles. The number of aryl methyl sites for hydroxylation is 1. The van der Waals surface area contributed by atoms with Crippen molar-refractivity contribution in [3.8, 4) is 11.1 Å². The molecule has 2 unspecified atom stereocenters. The van der Waals surface area contributed by atoms with Gasteiger partial charge >= 0.3 is 5.97 Å². The summed E-state index contributed by atoms with van der Waals surface area (Å²) < 4.78 is 29.7. The number of hydrogen-bond donors (Lipinski definition) is 2.